The highest BCUT2D eigenvalue weighted by molar-refractivity contribution is 6.30. The van der Waals surface area contributed by atoms with E-state index in [1.807, 2.05) is 6.07 Å². The van der Waals surface area contributed by atoms with Crippen LogP contribution in [0.4, 0.5) is 5.95 Å². The molecule has 0 spiro atoms. The van der Waals surface area contributed by atoms with Crippen LogP contribution in [0.3, 0.4) is 0 Å². The van der Waals surface area contributed by atoms with E-state index in [0.29, 0.717) is 43.1 Å². The molecule has 2 aromatic heterocycles. The largest absolute Gasteiger partial charge is 0.478 e. The molecule has 0 unspecified atom stereocenters. The molecule has 0 saturated carbocycles. The van der Waals surface area contributed by atoms with Crippen molar-refractivity contribution in [3.63, 3.8) is 0 Å². The minimum atomic E-state index is -1.65. The first-order chi connectivity index (χ1) is 20.7. The number of aliphatic hydroxyl groups is 5. The summed E-state index contributed by atoms with van der Waals surface area (Å²) in [6.45, 7) is 3.43. The summed E-state index contributed by atoms with van der Waals surface area (Å²) in [5.74, 6) is 2.15. The zero-order chi connectivity index (χ0) is 30.8. The van der Waals surface area contributed by atoms with Crippen molar-refractivity contribution in [2.75, 3.05) is 57.4 Å². The van der Waals surface area contributed by atoms with E-state index in [4.69, 9.17) is 21.4 Å². The molecule has 4 heterocycles. The number of pyridine rings is 1. The van der Waals surface area contributed by atoms with E-state index in [-0.39, 0.29) is 24.8 Å². The lowest BCUT2D eigenvalue weighted by molar-refractivity contribution is -0.136. The molecule has 2 aromatic rings. The number of rotatable bonds is 16. The van der Waals surface area contributed by atoms with Crippen LogP contribution in [-0.4, -0.2) is 128 Å². The minimum Gasteiger partial charge on any atom is -0.478 e. The number of amides is 1. The Morgan fingerprint density at radius 3 is 2.35 bits per heavy atom. The second kappa shape index (κ2) is 16.4. The van der Waals surface area contributed by atoms with Crippen LogP contribution < -0.4 is 15.0 Å². The summed E-state index contributed by atoms with van der Waals surface area (Å²) in [4.78, 5) is 29.6. The van der Waals surface area contributed by atoms with E-state index in [9.17, 15) is 25.2 Å². The van der Waals surface area contributed by atoms with Gasteiger partial charge >= 0.3 is 0 Å². The molecule has 2 aliphatic heterocycles. The zero-order valence-electron chi connectivity index (χ0n) is 24.2. The van der Waals surface area contributed by atoms with Crippen LogP contribution in [0.5, 0.6) is 5.88 Å². The van der Waals surface area contributed by atoms with Crippen molar-refractivity contribution in [3.8, 4) is 5.88 Å². The van der Waals surface area contributed by atoms with Gasteiger partial charge in [-0.2, -0.15) is 0 Å². The van der Waals surface area contributed by atoms with Gasteiger partial charge < -0.3 is 45.4 Å². The number of carbonyl (C=O) groups excluding carboxylic acids is 1. The molecular weight excluding hydrogens is 580 g/mol. The van der Waals surface area contributed by atoms with Crippen LogP contribution in [0, 0.1) is 11.8 Å². The van der Waals surface area contributed by atoms with Crippen molar-refractivity contribution < 1.29 is 35.1 Å². The molecule has 1 amide bonds. The van der Waals surface area contributed by atoms with Gasteiger partial charge in [-0.3, -0.25) is 4.79 Å². The average molecular weight is 623 g/mol. The molecule has 0 bridgehead atoms. The van der Waals surface area contributed by atoms with Crippen LogP contribution >= 0.6 is 11.6 Å². The lowest BCUT2D eigenvalue weighted by Crippen LogP contribution is -2.55. The van der Waals surface area contributed by atoms with Gasteiger partial charge in [0, 0.05) is 57.4 Å². The van der Waals surface area contributed by atoms with Crippen LogP contribution in [-0.2, 0) is 11.2 Å². The molecule has 0 aliphatic carbocycles. The van der Waals surface area contributed by atoms with Crippen molar-refractivity contribution >= 4 is 23.5 Å². The van der Waals surface area contributed by atoms with Crippen molar-refractivity contribution in [3.05, 3.63) is 41.3 Å². The van der Waals surface area contributed by atoms with E-state index >= 15 is 0 Å². The first-order valence-corrected chi connectivity index (χ1v) is 15.2. The number of likely N-dealkylation sites (tertiary alicyclic amines) is 1. The summed E-state index contributed by atoms with van der Waals surface area (Å²) >= 11 is 5.88. The Hall–Kier alpha value is -2.65. The molecule has 43 heavy (non-hydrogen) atoms. The van der Waals surface area contributed by atoms with Crippen LogP contribution in [0.1, 0.15) is 31.2 Å². The molecular formula is C29H43ClN6O7. The molecule has 13 nitrogen and oxygen atoms in total. The average Bonchev–Trinajstić information content (AvgIpc) is 3.00. The van der Waals surface area contributed by atoms with E-state index in [1.54, 1.807) is 29.6 Å². The standard InChI is InChI=1S/C29H43ClN6O7/c30-22-13-33-29(34-14-22)35-7-5-19(6-8-35)2-1-9-43-25-4-3-20(12-32-25)10-26(40)36-16-21(17-36)11-31-15-23(38)27(41)28(42)24(39)18-37/h3-4,12-14,19,21,23-24,27-28,31,37-39,41-42H,1-2,5-11,15-18H2/t23-,24+,27+,28+/m0/s1. The highest BCUT2D eigenvalue weighted by atomic mass is 35.5. The lowest BCUT2D eigenvalue weighted by atomic mass is 9.92. The Kier molecular flexibility index (Phi) is 12.7. The quantitative estimate of drug-likeness (QED) is 0.134. The highest BCUT2D eigenvalue weighted by Crippen LogP contribution is 2.25. The number of ether oxygens (including phenoxy) is 1. The first kappa shape index (κ1) is 33.2. The number of piperidine rings is 1. The Bertz CT molecular complexity index is 1120. The molecule has 6 N–H and O–H groups in total. The third kappa shape index (κ3) is 9.93. The van der Waals surface area contributed by atoms with E-state index in [1.165, 1.54) is 0 Å². The monoisotopic (exact) mass is 622 g/mol. The molecule has 2 aliphatic rings. The SMILES string of the molecule is O=C(Cc1ccc(OCCCC2CCN(c3ncc(Cl)cn3)CC2)nc1)N1CC(CNC[C@H](O)[C@@H](O)[C@H](O)[C@H](O)CO)C1. The van der Waals surface area contributed by atoms with Gasteiger partial charge in [-0.25, -0.2) is 15.0 Å². The molecule has 2 fully saturated rings. The summed E-state index contributed by atoms with van der Waals surface area (Å²) < 4.78 is 5.82. The number of halogens is 1. The van der Waals surface area contributed by atoms with Crippen LogP contribution in [0.15, 0.2) is 30.7 Å². The maximum Gasteiger partial charge on any atom is 0.227 e. The van der Waals surface area contributed by atoms with Gasteiger partial charge in [-0.15, -0.1) is 0 Å². The molecule has 238 valence electrons. The molecule has 14 heteroatoms. The fourth-order valence-corrected chi connectivity index (χ4v) is 5.45. The van der Waals surface area contributed by atoms with Crippen molar-refractivity contribution in [1.29, 1.82) is 0 Å². The van der Waals surface area contributed by atoms with E-state index in [2.05, 4.69) is 25.2 Å². The second-order valence-electron chi connectivity index (χ2n) is 11.4. The Balaban J connectivity index is 1.05. The fourth-order valence-electron chi connectivity index (χ4n) is 5.35. The Morgan fingerprint density at radius 1 is 1.00 bits per heavy atom. The van der Waals surface area contributed by atoms with Gasteiger partial charge in [0.1, 0.15) is 18.3 Å². The highest BCUT2D eigenvalue weighted by Gasteiger charge is 2.32. The summed E-state index contributed by atoms with van der Waals surface area (Å²) in [7, 11) is 0. The smallest absolute Gasteiger partial charge is 0.227 e. The van der Waals surface area contributed by atoms with Gasteiger partial charge in [0.05, 0.1) is 43.2 Å². The number of anilines is 1. The molecule has 0 radical (unpaired) electrons. The minimum absolute atomic E-state index is 0.00119. The normalized spacial score (nSPS) is 19.0. The van der Waals surface area contributed by atoms with Crippen molar-refractivity contribution in [2.24, 2.45) is 11.8 Å². The lowest BCUT2D eigenvalue weighted by Gasteiger charge is -2.39. The summed E-state index contributed by atoms with van der Waals surface area (Å²) in [5.41, 5.74) is 0.816. The maximum atomic E-state index is 12.6. The molecule has 4 atom stereocenters. The predicted molar refractivity (Wildman–Crippen MR) is 159 cm³/mol. The summed E-state index contributed by atoms with van der Waals surface area (Å²) in [6.07, 6.45) is 3.34. The van der Waals surface area contributed by atoms with Gasteiger partial charge in [0.15, 0.2) is 0 Å². The number of carbonyl (C=O) groups is 1. The van der Waals surface area contributed by atoms with Gasteiger partial charge in [-0.1, -0.05) is 17.7 Å². The number of hydrogen-bond acceptors (Lipinski definition) is 12. The summed E-state index contributed by atoms with van der Waals surface area (Å²) in [5, 5.41) is 51.3. The third-order valence-electron chi connectivity index (χ3n) is 8.09. The summed E-state index contributed by atoms with van der Waals surface area (Å²) in [6, 6.07) is 3.66. The molecule has 4 rings (SSSR count). The number of hydrogen-bond donors (Lipinski definition) is 6. The van der Waals surface area contributed by atoms with Gasteiger partial charge in [0.2, 0.25) is 17.7 Å². The van der Waals surface area contributed by atoms with E-state index < -0.39 is 31.0 Å². The van der Waals surface area contributed by atoms with Crippen LogP contribution in [0.2, 0.25) is 5.02 Å². The maximum absolute atomic E-state index is 12.6. The third-order valence-corrected chi connectivity index (χ3v) is 8.28. The Labute approximate surface area is 256 Å². The number of aromatic nitrogens is 3. The second-order valence-corrected chi connectivity index (χ2v) is 11.9. The van der Waals surface area contributed by atoms with Crippen LogP contribution in [0.25, 0.3) is 0 Å². The van der Waals surface area contributed by atoms with Crippen molar-refractivity contribution in [2.45, 2.75) is 56.5 Å². The topological polar surface area (TPSA) is 185 Å². The predicted octanol–water partition coefficient (Wildman–Crippen LogP) is -0.373. The first-order valence-electron chi connectivity index (χ1n) is 14.8. The fraction of sp³-hybridized carbons (Fsp3) is 0.655. The van der Waals surface area contributed by atoms with E-state index in [0.717, 1.165) is 50.3 Å². The molecule has 2 saturated heterocycles. The van der Waals surface area contributed by atoms with Crippen molar-refractivity contribution in [1.82, 2.24) is 25.2 Å². The number of nitrogens with zero attached hydrogens (tertiary/aromatic N) is 5. The molecule has 0 aromatic carbocycles. The zero-order valence-corrected chi connectivity index (χ0v) is 25.0. The number of aliphatic hydroxyl groups excluding tert-OH is 5. The van der Waals surface area contributed by atoms with Gasteiger partial charge in [0.25, 0.3) is 0 Å². The number of nitrogens with one attached hydrogen (secondary N) is 1. The Morgan fingerprint density at radius 2 is 1.70 bits per heavy atom. The van der Waals surface area contributed by atoms with Gasteiger partial charge in [-0.05, 0) is 37.2 Å².